The molecular weight excluding hydrogens is 418 g/mol. The van der Waals surface area contributed by atoms with Crippen LogP contribution < -0.4 is 5.32 Å². The van der Waals surface area contributed by atoms with E-state index in [4.69, 9.17) is 20.4 Å². The van der Waals surface area contributed by atoms with Crippen LogP contribution in [0.4, 0.5) is 11.4 Å². The monoisotopic (exact) mass is 433 g/mol. The molecule has 0 saturated carbocycles. The van der Waals surface area contributed by atoms with E-state index in [1.807, 2.05) is 60.7 Å². The second kappa shape index (κ2) is 6.52. The minimum absolute atomic E-state index is 0.656. The van der Waals surface area contributed by atoms with E-state index in [1.54, 1.807) is 0 Å². The zero-order valence-electron chi connectivity index (χ0n) is 16.9. The molecule has 0 saturated heterocycles. The van der Waals surface area contributed by atoms with E-state index in [2.05, 4.69) is 35.6 Å². The summed E-state index contributed by atoms with van der Waals surface area (Å²) < 4.78 is 12.5. The molecule has 0 bridgehead atoms. The van der Waals surface area contributed by atoms with E-state index < -0.39 is 0 Å². The SMILES string of the molecule is Clc1ccccc1Nc1cc2c(ccc3oc4ccccc4c32)c2c1oc1ccccc12. The average molecular weight is 434 g/mol. The molecule has 0 spiro atoms. The molecule has 0 fully saturated rings. The van der Waals surface area contributed by atoms with Gasteiger partial charge in [0, 0.05) is 21.5 Å². The van der Waals surface area contributed by atoms with Crippen molar-refractivity contribution in [2.75, 3.05) is 5.32 Å². The highest BCUT2D eigenvalue weighted by Crippen LogP contribution is 2.44. The lowest BCUT2D eigenvalue weighted by molar-refractivity contribution is 0.668. The number of furan rings is 2. The number of anilines is 2. The first-order chi connectivity index (χ1) is 15.8. The van der Waals surface area contributed by atoms with Gasteiger partial charge in [-0.1, -0.05) is 60.1 Å². The van der Waals surface area contributed by atoms with E-state index in [1.165, 1.54) is 0 Å². The van der Waals surface area contributed by atoms with Crippen LogP contribution in [0, 0.1) is 0 Å². The summed E-state index contributed by atoms with van der Waals surface area (Å²) in [5, 5.41) is 10.8. The highest BCUT2D eigenvalue weighted by molar-refractivity contribution is 6.34. The number of nitrogens with one attached hydrogen (secondary N) is 1. The molecule has 7 aromatic rings. The van der Waals surface area contributed by atoms with Gasteiger partial charge in [-0.3, -0.25) is 0 Å². The Morgan fingerprint density at radius 2 is 1.22 bits per heavy atom. The Bertz CT molecular complexity index is 1830. The van der Waals surface area contributed by atoms with Gasteiger partial charge in [0.15, 0.2) is 5.58 Å². The second-order valence-electron chi connectivity index (χ2n) is 7.96. The van der Waals surface area contributed by atoms with Gasteiger partial charge in [0.2, 0.25) is 0 Å². The van der Waals surface area contributed by atoms with Crippen LogP contribution in [-0.4, -0.2) is 0 Å². The van der Waals surface area contributed by atoms with Crippen LogP contribution in [0.15, 0.2) is 99.8 Å². The van der Waals surface area contributed by atoms with Crippen LogP contribution in [0.5, 0.6) is 0 Å². The normalized spacial score (nSPS) is 11.9. The highest BCUT2D eigenvalue weighted by Gasteiger charge is 2.19. The van der Waals surface area contributed by atoms with Gasteiger partial charge in [-0.05, 0) is 53.2 Å². The average Bonchev–Trinajstić information content (AvgIpc) is 3.39. The first-order valence-corrected chi connectivity index (χ1v) is 10.9. The fourth-order valence-corrected chi connectivity index (χ4v) is 4.91. The standard InChI is InChI=1S/C28H16ClNO2/c29-20-9-3-4-10-21(20)30-22-15-19-16(27-18-8-2-6-12-24(18)32-28(22)27)13-14-25-26(19)17-7-1-5-11-23(17)31-25/h1-15,30H. The maximum absolute atomic E-state index is 6.47. The van der Waals surface area contributed by atoms with Gasteiger partial charge in [-0.2, -0.15) is 0 Å². The van der Waals surface area contributed by atoms with Crippen molar-refractivity contribution in [2.24, 2.45) is 0 Å². The third-order valence-electron chi connectivity index (χ3n) is 6.12. The van der Waals surface area contributed by atoms with Gasteiger partial charge in [-0.15, -0.1) is 0 Å². The lowest BCUT2D eigenvalue weighted by atomic mass is 9.98. The summed E-state index contributed by atoms with van der Waals surface area (Å²) in [6.07, 6.45) is 0. The van der Waals surface area contributed by atoms with Crippen LogP contribution in [0.3, 0.4) is 0 Å². The van der Waals surface area contributed by atoms with Crippen LogP contribution in [0.25, 0.3) is 54.6 Å². The van der Waals surface area contributed by atoms with E-state index >= 15 is 0 Å². The molecule has 5 aromatic carbocycles. The molecule has 7 rings (SSSR count). The quantitative estimate of drug-likeness (QED) is 0.295. The predicted octanol–water partition coefficient (Wildman–Crippen LogP) is 9.04. The molecule has 0 aliphatic rings. The summed E-state index contributed by atoms with van der Waals surface area (Å²) >= 11 is 6.47. The van der Waals surface area contributed by atoms with Gasteiger partial charge in [0.05, 0.1) is 16.4 Å². The van der Waals surface area contributed by atoms with Crippen LogP contribution in [-0.2, 0) is 0 Å². The lowest BCUT2D eigenvalue weighted by Gasteiger charge is -2.11. The van der Waals surface area contributed by atoms with E-state index in [0.717, 1.165) is 66.0 Å². The molecule has 4 heteroatoms. The molecule has 152 valence electrons. The number of para-hydroxylation sites is 3. The fraction of sp³-hybridized carbons (Fsp3) is 0. The number of halogens is 1. The molecule has 0 unspecified atom stereocenters. The number of fused-ring (bicyclic) bond motifs is 9. The zero-order valence-corrected chi connectivity index (χ0v) is 17.6. The van der Waals surface area contributed by atoms with Crippen LogP contribution in [0.1, 0.15) is 0 Å². The van der Waals surface area contributed by atoms with Crippen LogP contribution in [0.2, 0.25) is 5.02 Å². The molecule has 0 atom stereocenters. The second-order valence-corrected chi connectivity index (χ2v) is 8.37. The summed E-state index contributed by atoms with van der Waals surface area (Å²) in [5.74, 6) is 0. The Hall–Kier alpha value is -3.95. The molecule has 0 radical (unpaired) electrons. The van der Waals surface area contributed by atoms with Crippen molar-refractivity contribution >= 4 is 77.6 Å². The van der Waals surface area contributed by atoms with Gasteiger partial charge in [-0.25, -0.2) is 0 Å². The maximum Gasteiger partial charge on any atom is 0.159 e. The minimum Gasteiger partial charge on any atom is -0.456 e. The summed E-state index contributed by atoms with van der Waals surface area (Å²) in [4.78, 5) is 0. The van der Waals surface area contributed by atoms with E-state index in [-0.39, 0.29) is 0 Å². The Labute approximate surface area is 187 Å². The fourth-order valence-electron chi connectivity index (χ4n) is 4.72. The molecule has 2 aromatic heterocycles. The molecule has 32 heavy (non-hydrogen) atoms. The number of hydrogen-bond donors (Lipinski definition) is 1. The van der Waals surface area contributed by atoms with Crippen molar-refractivity contribution in [3.63, 3.8) is 0 Å². The van der Waals surface area contributed by atoms with Gasteiger partial charge in [0.25, 0.3) is 0 Å². The molecular formula is C28H16ClNO2. The summed E-state index contributed by atoms with van der Waals surface area (Å²) in [6, 6.07) is 30.4. The van der Waals surface area contributed by atoms with Crippen molar-refractivity contribution < 1.29 is 8.83 Å². The van der Waals surface area contributed by atoms with Gasteiger partial charge in [0.1, 0.15) is 16.7 Å². The first kappa shape index (κ1) is 17.7. The molecule has 0 aliphatic heterocycles. The van der Waals surface area contributed by atoms with Gasteiger partial charge < -0.3 is 14.2 Å². The maximum atomic E-state index is 6.47. The summed E-state index contributed by atoms with van der Waals surface area (Å²) in [6.45, 7) is 0. The van der Waals surface area contributed by atoms with Crippen molar-refractivity contribution in [1.82, 2.24) is 0 Å². The first-order valence-electron chi connectivity index (χ1n) is 10.5. The van der Waals surface area contributed by atoms with Crippen molar-refractivity contribution in [1.29, 1.82) is 0 Å². The Morgan fingerprint density at radius 1 is 0.531 bits per heavy atom. The Morgan fingerprint density at radius 3 is 2.03 bits per heavy atom. The Balaban J connectivity index is 1.67. The van der Waals surface area contributed by atoms with E-state index in [9.17, 15) is 0 Å². The minimum atomic E-state index is 0.656. The molecule has 0 amide bonds. The molecule has 0 aliphatic carbocycles. The molecule has 2 heterocycles. The Kier molecular flexibility index (Phi) is 3.61. The number of hydrogen-bond acceptors (Lipinski definition) is 3. The summed E-state index contributed by atoms with van der Waals surface area (Å²) in [5.41, 5.74) is 5.12. The van der Waals surface area contributed by atoms with E-state index in [0.29, 0.717) is 5.02 Å². The van der Waals surface area contributed by atoms with Crippen LogP contribution >= 0.6 is 11.6 Å². The zero-order chi connectivity index (χ0) is 21.2. The number of benzene rings is 5. The highest BCUT2D eigenvalue weighted by atomic mass is 35.5. The topological polar surface area (TPSA) is 38.3 Å². The smallest absolute Gasteiger partial charge is 0.159 e. The number of rotatable bonds is 2. The third kappa shape index (κ3) is 2.43. The third-order valence-corrected chi connectivity index (χ3v) is 6.45. The molecule has 1 N–H and O–H groups in total. The van der Waals surface area contributed by atoms with Gasteiger partial charge >= 0.3 is 0 Å². The van der Waals surface area contributed by atoms with Crippen molar-refractivity contribution in [3.8, 4) is 0 Å². The van der Waals surface area contributed by atoms with Crippen molar-refractivity contribution in [3.05, 3.63) is 96.0 Å². The lowest BCUT2D eigenvalue weighted by Crippen LogP contribution is -1.92. The summed E-state index contributed by atoms with van der Waals surface area (Å²) in [7, 11) is 0. The van der Waals surface area contributed by atoms with Crippen molar-refractivity contribution in [2.45, 2.75) is 0 Å². The molecule has 3 nitrogen and oxygen atoms in total. The predicted molar refractivity (Wildman–Crippen MR) is 133 cm³/mol. The largest absolute Gasteiger partial charge is 0.456 e.